The van der Waals surface area contributed by atoms with Crippen LogP contribution in [0.15, 0.2) is 45.6 Å². The van der Waals surface area contributed by atoms with Crippen molar-refractivity contribution in [3.8, 4) is 34.4 Å². The van der Waals surface area contributed by atoms with Gasteiger partial charge in [-0.2, -0.15) is 4.68 Å². The van der Waals surface area contributed by atoms with Crippen LogP contribution in [0.4, 0.5) is 0 Å². The Balaban J connectivity index is 1.78. The van der Waals surface area contributed by atoms with Gasteiger partial charge in [-0.25, -0.2) is 14.8 Å². The minimum Gasteiger partial charge on any atom is -0.493 e. The molecular weight excluding hydrogens is 462 g/mol. The van der Waals surface area contributed by atoms with E-state index in [9.17, 15) is 4.79 Å². The molecule has 0 saturated heterocycles. The average Bonchev–Trinajstić information content (AvgIpc) is 3.27. The van der Waals surface area contributed by atoms with E-state index in [1.165, 1.54) is 26.0 Å². The number of ether oxygens (including phenoxy) is 3. The molecule has 5 aromatic rings. The van der Waals surface area contributed by atoms with Gasteiger partial charge in [0.05, 0.1) is 32.7 Å². The maximum Gasteiger partial charge on any atom is 0.349 e. The molecule has 0 amide bonds. The summed E-state index contributed by atoms with van der Waals surface area (Å²) in [6.45, 7) is 1.70. The van der Waals surface area contributed by atoms with Gasteiger partial charge < -0.3 is 18.6 Å². The Morgan fingerprint density at radius 3 is 2.24 bits per heavy atom. The summed E-state index contributed by atoms with van der Waals surface area (Å²) < 4.78 is 23.3. The summed E-state index contributed by atoms with van der Waals surface area (Å²) in [5.41, 5.74) is 2.12. The zero-order valence-electron chi connectivity index (χ0n) is 18.6. The van der Waals surface area contributed by atoms with Crippen molar-refractivity contribution in [1.82, 2.24) is 25.0 Å². The van der Waals surface area contributed by atoms with Crippen molar-refractivity contribution in [2.24, 2.45) is 0 Å². The fraction of sp³-hybridized carbons (Fsp3) is 0.174. The Hall–Kier alpha value is -4.18. The molecule has 172 valence electrons. The second-order valence-electron chi connectivity index (χ2n) is 7.29. The van der Waals surface area contributed by atoms with E-state index in [1.54, 1.807) is 43.3 Å². The molecule has 3 aromatic heterocycles. The molecule has 0 aliphatic carbocycles. The van der Waals surface area contributed by atoms with Gasteiger partial charge in [0.25, 0.3) is 0 Å². The van der Waals surface area contributed by atoms with E-state index < -0.39 is 5.63 Å². The van der Waals surface area contributed by atoms with Crippen LogP contribution in [-0.2, 0) is 0 Å². The normalized spacial score (nSPS) is 11.2. The molecule has 5 rings (SSSR count). The molecule has 0 bridgehead atoms. The first-order valence-electron chi connectivity index (χ1n) is 10.1. The molecule has 2 aromatic carbocycles. The third-order valence-corrected chi connectivity index (χ3v) is 5.59. The van der Waals surface area contributed by atoms with Crippen molar-refractivity contribution in [3.05, 3.63) is 57.5 Å². The Morgan fingerprint density at radius 1 is 0.941 bits per heavy atom. The quantitative estimate of drug-likeness (QED) is 0.369. The number of benzene rings is 2. The molecule has 10 nitrogen and oxygen atoms in total. The Labute approximate surface area is 197 Å². The molecule has 3 heterocycles. The zero-order chi connectivity index (χ0) is 24.0. The first-order valence-corrected chi connectivity index (χ1v) is 10.5. The van der Waals surface area contributed by atoms with Gasteiger partial charge in [0.2, 0.25) is 11.6 Å². The lowest BCUT2D eigenvalue weighted by atomic mass is 10.2. The highest BCUT2D eigenvalue weighted by molar-refractivity contribution is 6.30. The van der Waals surface area contributed by atoms with E-state index in [0.29, 0.717) is 55.9 Å². The second kappa shape index (κ2) is 8.31. The maximum absolute atomic E-state index is 12.8. The number of halogens is 1. The van der Waals surface area contributed by atoms with Crippen LogP contribution in [0.1, 0.15) is 5.69 Å². The van der Waals surface area contributed by atoms with Crippen molar-refractivity contribution in [3.63, 3.8) is 0 Å². The van der Waals surface area contributed by atoms with Crippen LogP contribution < -0.4 is 19.8 Å². The number of pyridine rings is 1. The van der Waals surface area contributed by atoms with Crippen LogP contribution >= 0.6 is 11.6 Å². The number of aromatic nitrogens is 5. The Bertz CT molecular complexity index is 1590. The van der Waals surface area contributed by atoms with E-state index in [-0.39, 0.29) is 11.3 Å². The first-order chi connectivity index (χ1) is 16.4. The topological polar surface area (TPSA) is 114 Å². The van der Waals surface area contributed by atoms with Crippen LogP contribution in [-0.4, -0.2) is 46.3 Å². The van der Waals surface area contributed by atoms with Gasteiger partial charge in [0, 0.05) is 22.7 Å². The number of hydrogen-bond donors (Lipinski definition) is 0. The van der Waals surface area contributed by atoms with Crippen LogP contribution in [0.3, 0.4) is 0 Å². The van der Waals surface area contributed by atoms with E-state index >= 15 is 0 Å². The van der Waals surface area contributed by atoms with Gasteiger partial charge >= 0.3 is 5.63 Å². The highest BCUT2D eigenvalue weighted by Crippen LogP contribution is 2.39. The standard InChI is InChI=1S/C23H18ClN5O5/c1-11-17-18(26-22(34-23(17)30)12-5-7-13(24)8-6-12)19-21(25-11)29(28-27-19)14-9-15(31-2)20(33-4)16(10-14)32-3/h5-10H,1-4H3. The Morgan fingerprint density at radius 2 is 1.62 bits per heavy atom. The minimum absolute atomic E-state index is 0.142. The van der Waals surface area contributed by atoms with Crippen molar-refractivity contribution in [2.45, 2.75) is 6.92 Å². The number of nitrogens with zero attached hydrogens (tertiary/aromatic N) is 5. The van der Waals surface area contributed by atoms with Crippen molar-refractivity contribution >= 4 is 33.7 Å². The largest absolute Gasteiger partial charge is 0.493 e. The summed E-state index contributed by atoms with van der Waals surface area (Å²) in [6, 6.07) is 10.3. The lowest BCUT2D eigenvalue weighted by Gasteiger charge is -2.14. The van der Waals surface area contributed by atoms with Gasteiger partial charge in [0.1, 0.15) is 10.9 Å². The van der Waals surface area contributed by atoms with Crippen molar-refractivity contribution < 1.29 is 18.6 Å². The first kappa shape index (κ1) is 21.7. The predicted octanol–water partition coefficient (Wildman–Crippen LogP) is 3.97. The fourth-order valence-corrected chi connectivity index (χ4v) is 3.86. The highest BCUT2D eigenvalue weighted by Gasteiger charge is 2.21. The highest BCUT2D eigenvalue weighted by atomic mass is 35.5. The second-order valence-corrected chi connectivity index (χ2v) is 7.73. The summed E-state index contributed by atoms with van der Waals surface area (Å²) in [7, 11) is 4.58. The number of aryl methyl sites for hydroxylation is 1. The predicted molar refractivity (Wildman–Crippen MR) is 125 cm³/mol. The van der Waals surface area contributed by atoms with Gasteiger partial charge in [-0.05, 0) is 31.2 Å². The van der Waals surface area contributed by atoms with Crippen LogP contribution in [0, 0.1) is 6.92 Å². The molecule has 0 fully saturated rings. The van der Waals surface area contributed by atoms with E-state index in [0.717, 1.165) is 0 Å². The minimum atomic E-state index is -0.566. The molecular formula is C23H18ClN5O5. The molecule has 0 aliphatic rings. The van der Waals surface area contributed by atoms with E-state index in [2.05, 4.69) is 20.3 Å². The SMILES string of the molecule is COc1cc(-n2nnc3c4nc(-c5ccc(Cl)cc5)oc(=O)c4c(C)nc32)cc(OC)c1OC. The summed E-state index contributed by atoms with van der Waals surface area (Å²) in [5, 5.41) is 9.35. The van der Waals surface area contributed by atoms with Crippen molar-refractivity contribution in [1.29, 1.82) is 0 Å². The summed E-state index contributed by atoms with van der Waals surface area (Å²) in [6.07, 6.45) is 0. The van der Waals surface area contributed by atoms with Crippen LogP contribution in [0.25, 0.3) is 39.2 Å². The third kappa shape index (κ3) is 3.39. The van der Waals surface area contributed by atoms with Crippen molar-refractivity contribution in [2.75, 3.05) is 21.3 Å². The molecule has 34 heavy (non-hydrogen) atoms. The number of methoxy groups -OCH3 is 3. The van der Waals surface area contributed by atoms with Gasteiger partial charge in [-0.3, -0.25) is 0 Å². The fourth-order valence-electron chi connectivity index (χ4n) is 3.73. The Kier molecular flexibility index (Phi) is 5.29. The number of hydrogen-bond acceptors (Lipinski definition) is 9. The molecule has 11 heteroatoms. The summed E-state index contributed by atoms with van der Waals surface area (Å²) in [5.74, 6) is 1.48. The molecule has 0 atom stereocenters. The maximum atomic E-state index is 12.8. The van der Waals surface area contributed by atoms with Gasteiger partial charge in [-0.15, -0.1) is 5.10 Å². The molecule has 0 spiro atoms. The van der Waals surface area contributed by atoms with E-state index in [4.69, 9.17) is 30.2 Å². The monoisotopic (exact) mass is 479 g/mol. The van der Waals surface area contributed by atoms with Gasteiger partial charge in [-0.1, -0.05) is 16.8 Å². The molecule has 0 unspecified atom stereocenters. The lowest BCUT2D eigenvalue weighted by molar-refractivity contribution is 0.324. The number of rotatable bonds is 5. The smallest absolute Gasteiger partial charge is 0.349 e. The summed E-state index contributed by atoms with van der Waals surface area (Å²) >= 11 is 5.98. The third-order valence-electron chi connectivity index (χ3n) is 5.34. The lowest BCUT2D eigenvalue weighted by Crippen LogP contribution is -2.07. The van der Waals surface area contributed by atoms with E-state index in [1.807, 2.05) is 0 Å². The number of fused-ring (bicyclic) bond motifs is 3. The molecule has 0 saturated carbocycles. The summed E-state index contributed by atoms with van der Waals surface area (Å²) in [4.78, 5) is 22.0. The molecule has 0 aliphatic heterocycles. The van der Waals surface area contributed by atoms with Gasteiger partial charge in [0.15, 0.2) is 22.7 Å². The molecule has 0 radical (unpaired) electrons. The van der Waals surface area contributed by atoms with Crippen LogP contribution in [0.2, 0.25) is 5.02 Å². The van der Waals surface area contributed by atoms with Crippen LogP contribution in [0.5, 0.6) is 17.2 Å². The average molecular weight is 480 g/mol. The zero-order valence-corrected chi connectivity index (χ0v) is 19.4. The molecule has 0 N–H and O–H groups in total.